The quantitative estimate of drug-likeness (QED) is 0.649. The van der Waals surface area contributed by atoms with E-state index in [1.165, 1.54) is 18.2 Å². The topological polar surface area (TPSA) is 54.2 Å². The Balaban J connectivity index is 1.18. The van der Waals surface area contributed by atoms with Crippen molar-refractivity contribution in [3.05, 3.63) is 65.3 Å². The van der Waals surface area contributed by atoms with Gasteiger partial charge in [0.25, 0.3) is 0 Å². The number of halogens is 2. The van der Waals surface area contributed by atoms with Crippen molar-refractivity contribution >= 4 is 17.4 Å². The van der Waals surface area contributed by atoms with E-state index in [0.29, 0.717) is 34.2 Å². The number of aromatic nitrogens is 2. The summed E-state index contributed by atoms with van der Waals surface area (Å²) in [4.78, 5) is 2.49. The largest absolute Gasteiger partial charge is 0.468 e. The molecule has 1 aliphatic carbocycles. The summed E-state index contributed by atoms with van der Waals surface area (Å²) in [6, 6.07) is 12.4. The van der Waals surface area contributed by atoms with E-state index in [1.807, 2.05) is 24.3 Å². The van der Waals surface area contributed by atoms with Crippen LogP contribution >= 0.6 is 11.6 Å². The molecule has 3 atom stereocenters. The molecule has 3 heterocycles. The van der Waals surface area contributed by atoms with Crippen LogP contribution < -0.4 is 5.32 Å². The number of nitrogens with one attached hydrogen (secondary N) is 1. The molecule has 150 valence electrons. The third kappa shape index (κ3) is 4.00. The Kier molecular flexibility index (Phi) is 4.97. The Morgan fingerprint density at radius 2 is 1.93 bits per heavy atom. The first kappa shape index (κ1) is 18.6. The Bertz CT molecular complexity index is 965. The third-order valence-corrected chi connectivity index (χ3v) is 6.34. The van der Waals surface area contributed by atoms with Crippen LogP contribution in [0.3, 0.4) is 0 Å². The Morgan fingerprint density at radius 1 is 1.10 bits per heavy atom. The minimum atomic E-state index is -0.341. The number of fused-ring (bicyclic) bond motifs is 1. The molecule has 0 unspecified atom stereocenters. The molecule has 5 nitrogen and oxygen atoms in total. The van der Waals surface area contributed by atoms with Gasteiger partial charge in [0.15, 0.2) is 0 Å². The van der Waals surface area contributed by atoms with Crippen molar-refractivity contribution in [1.82, 2.24) is 15.1 Å². The molecule has 0 amide bonds. The van der Waals surface area contributed by atoms with E-state index in [-0.39, 0.29) is 5.82 Å². The zero-order valence-electron chi connectivity index (χ0n) is 15.9. The first-order valence-corrected chi connectivity index (χ1v) is 10.3. The van der Waals surface area contributed by atoms with Crippen molar-refractivity contribution < 1.29 is 8.81 Å². The molecule has 7 heteroatoms. The molecule has 29 heavy (non-hydrogen) atoms. The van der Waals surface area contributed by atoms with Gasteiger partial charge in [0, 0.05) is 24.7 Å². The summed E-state index contributed by atoms with van der Waals surface area (Å²) in [6.07, 6.45) is 4.01. The normalized spacial score (nSPS) is 24.0. The second-order valence-electron chi connectivity index (χ2n) is 8.03. The van der Waals surface area contributed by atoms with E-state index in [9.17, 15) is 4.39 Å². The standard InChI is InChI=1S/C22H22ClFN4O/c23-20-4-3-16(24)10-19(20)21-5-6-22(27-26-21)25-17-8-14-11-28(12-15(14)9-17)13-18-2-1-7-29-18/h1-7,10,14-15,17H,8-9,11-13H2,(H,25,27)/t14-,15+,17+. The lowest BCUT2D eigenvalue weighted by Crippen LogP contribution is -2.25. The fraction of sp³-hybridized carbons (Fsp3) is 0.364. The molecular formula is C22H22ClFN4O. The lowest BCUT2D eigenvalue weighted by atomic mass is 10.0. The predicted octanol–water partition coefficient (Wildman–Crippen LogP) is 4.85. The van der Waals surface area contributed by atoms with Gasteiger partial charge in [-0.05, 0) is 67.1 Å². The maximum absolute atomic E-state index is 13.5. The highest BCUT2D eigenvalue weighted by atomic mass is 35.5. The molecule has 1 saturated carbocycles. The van der Waals surface area contributed by atoms with Crippen molar-refractivity contribution in [3.8, 4) is 11.3 Å². The first-order valence-electron chi connectivity index (χ1n) is 9.94. The molecular weight excluding hydrogens is 391 g/mol. The van der Waals surface area contributed by atoms with E-state index < -0.39 is 0 Å². The van der Waals surface area contributed by atoms with E-state index in [0.717, 1.165) is 44.1 Å². The number of benzene rings is 1. The molecule has 3 aromatic rings. The number of rotatable bonds is 5. The fourth-order valence-electron chi connectivity index (χ4n) is 4.72. The second-order valence-corrected chi connectivity index (χ2v) is 8.44. The lowest BCUT2D eigenvalue weighted by Gasteiger charge is -2.19. The minimum Gasteiger partial charge on any atom is -0.468 e. The average Bonchev–Trinajstić information content (AvgIpc) is 3.42. The maximum atomic E-state index is 13.5. The molecule has 1 N–H and O–H groups in total. The molecule has 5 rings (SSSR count). The molecule has 2 fully saturated rings. The number of hydrogen-bond acceptors (Lipinski definition) is 5. The summed E-state index contributed by atoms with van der Waals surface area (Å²) in [5, 5.41) is 12.5. The summed E-state index contributed by atoms with van der Waals surface area (Å²) in [7, 11) is 0. The number of likely N-dealkylation sites (tertiary alicyclic amines) is 1. The van der Waals surface area contributed by atoms with E-state index >= 15 is 0 Å². The van der Waals surface area contributed by atoms with Gasteiger partial charge in [-0.25, -0.2) is 4.39 Å². The Labute approximate surface area is 173 Å². The maximum Gasteiger partial charge on any atom is 0.148 e. The first-order chi connectivity index (χ1) is 14.1. The fourth-order valence-corrected chi connectivity index (χ4v) is 4.94. The highest BCUT2D eigenvalue weighted by molar-refractivity contribution is 6.33. The van der Waals surface area contributed by atoms with Gasteiger partial charge < -0.3 is 9.73 Å². The van der Waals surface area contributed by atoms with E-state index in [1.54, 1.807) is 6.26 Å². The van der Waals surface area contributed by atoms with Crippen molar-refractivity contribution in [2.75, 3.05) is 18.4 Å². The van der Waals surface area contributed by atoms with Gasteiger partial charge in [-0.3, -0.25) is 4.90 Å². The smallest absolute Gasteiger partial charge is 0.148 e. The van der Waals surface area contributed by atoms with Crippen molar-refractivity contribution in [2.45, 2.75) is 25.4 Å². The van der Waals surface area contributed by atoms with Gasteiger partial charge >= 0.3 is 0 Å². The Morgan fingerprint density at radius 3 is 2.62 bits per heavy atom. The monoisotopic (exact) mass is 412 g/mol. The molecule has 0 bridgehead atoms. The zero-order chi connectivity index (χ0) is 19.8. The van der Waals surface area contributed by atoms with Gasteiger partial charge in [0.05, 0.1) is 23.5 Å². The highest BCUT2D eigenvalue weighted by Gasteiger charge is 2.41. The van der Waals surface area contributed by atoms with Crippen molar-refractivity contribution in [1.29, 1.82) is 0 Å². The summed E-state index contributed by atoms with van der Waals surface area (Å²) in [5.41, 5.74) is 1.12. The molecule has 0 radical (unpaired) electrons. The van der Waals surface area contributed by atoms with Crippen LogP contribution in [0.2, 0.25) is 5.02 Å². The van der Waals surface area contributed by atoms with Crippen molar-refractivity contribution in [3.63, 3.8) is 0 Å². The molecule has 2 aliphatic rings. The van der Waals surface area contributed by atoms with Crippen molar-refractivity contribution in [2.24, 2.45) is 11.8 Å². The van der Waals surface area contributed by atoms with Gasteiger partial charge in [-0.2, -0.15) is 0 Å². The number of nitrogens with zero attached hydrogens (tertiary/aromatic N) is 3. The summed E-state index contributed by atoms with van der Waals surface area (Å²) in [5.74, 6) is 2.86. The molecule has 2 aromatic heterocycles. The second kappa shape index (κ2) is 7.76. The van der Waals surface area contributed by atoms with Crippen LogP contribution in [-0.2, 0) is 6.54 Å². The van der Waals surface area contributed by atoms with Crippen LogP contribution in [0.25, 0.3) is 11.3 Å². The number of hydrogen-bond donors (Lipinski definition) is 1. The number of furan rings is 1. The Hall–Kier alpha value is -2.44. The van der Waals surface area contributed by atoms with Crippen LogP contribution in [0.15, 0.2) is 53.1 Å². The third-order valence-electron chi connectivity index (χ3n) is 6.01. The van der Waals surface area contributed by atoms with Crippen LogP contribution in [0.5, 0.6) is 0 Å². The van der Waals surface area contributed by atoms with Gasteiger partial charge in [0.1, 0.15) is 17.4 Å². The number of anilines is 1. The van der Waals surface area contributed by atoms with E-state index in [4.69, 9.17) is 16.0 Å². The lowest BCUT2D eigenvalue weighted by molar-refractivity contribution is 0.274. The van der Waals surface area contributed by atoms with Crippen LogP contribution in [0.4, 0.5) is 10.2 Å². The van der Waals surface area contributed by atoms with Crippen LogP contribution in [0, 0.1) is 17.7 Å². The van der Waals surface area contributed by atoms with Gasteiger partial charge in [0.2, 0.25) is 0 Å². The molecule has 0 spiro atoms. The SMILES string of the molecule is Fc1ccc(Cl)c(-c2ccc(N[C@H]3C[C@@H]4CN(Cc5ccco5)C[C@@H]4C3)nn2)c1. The van der Waals surface area contributed by atoms with Gasteiger partial charge in [-0.15, -0.1) is 10.2 Å². The van der Waals surface area contributed by atoms with Crippen LogP contribution in [-0.4, -0.2) is 34.2 Å². The minimum absolute atomic E-state index is 0.341. The summed E-state index contributed by atoms with van der Waals surface area (Å²) in [6.45, 7) is 3.13. The average molecular weight is 413 g/mol. The summed E-state index contributed by atoms with van der Waals surface area (Å²) < 4.78 is 19.0. The van der Waals surface area contributed by atoms with E-state index in [2.05, 4.69) is 20.4 Å². The predicted molar refractivity (Wildman–Crippen MR) is 110 cm³/mol. The summed E-state index contributed by atoms with van der Waals surface area (Å²) >= 11 is 6.16. The molecule has 1 aliphatic heterocycles. The van der Waals surface area contributed by atoms with Gasteiger partial charge in [-0.1, -0.05) is 11.6 Å². The van der Waals surface area contributed by atoms with Crippen LogP contribution in [0.1, 0.15) is 18.6 Å². The highest BCUT2D eigenvalue weighted by Crippen LogP contribution is 2.39. The zero-order valence-corrected chi connectivity index (χ0v) is 16.6. The molecule has 1 saturated heterocycles. The molecule has 1 aromatic carbocycles.